The van der Waals surface area contributed by atoms with Crippen molar-refractivity contribution in [3.8, 4) is 5.75 Å². The van der Waals surface area contributed by atoms with Crippen LogP contribution in [0.3, 0.4) is 0 Å². The molecule has 0 heterocycles. The molecule has 0 aliphatic rings. The molecule has 1 N–H and O–H groups in total. The zero-order valence-corrected chi connectivity index (χ0v) is 14.6. The Morgan fingerprint density at radius 3 is 2.54 bits per heavy atom. The largest absolute Gasteiger partial charge is 0.496 e. The molecular weight excluding hydrogens is 364 g/mol. The highest BCUT2D eigenvalue weighted by molar-refractivity contribution is 6.34. The third-order valence-corrected chi connectivity index (χ3v) is 3.71. The van der Waals surface area contributed by atoms with Gasteiger partial charge in [-0.2, -0.15) is 0 Å². The predicted molar refractivity (Wildman–Crippen MR) is 94.6 cm³/mol. The number of ether oxygens (including phenoxy) is 2. The number of rotatable bonds is 6. The van der Waals surface area contributed by atoms with E-state index in [0.717, 1.165) is 6.07 Å². The summed E-state index contributed by atoms with van der Waals surface area (Å²) in [7, 11) is 1.42. The number of carbonyl (C=O) groups is 2. The quantitative estimate of drug-likeness (QED) is 0.468. The number of non-ortho nitro benzene ring substituents is 1. The fraction of sp³-hybridized carbons (Fsp3) is 0.176. The lowest BCUT2D eigenvalue weighted by molar-refractivity contribution is -0.384. The monoisotopic (exact) mass is 378 g/mol. The van der Waals surface area contributed by atoms with Crippen molar-refractivity contribution in [3.63, 3.8) is 0 Å². The Bertz CT molecular complexity index is 855. The van der Waals surface area contributed by atoms with Gasteiger partial charge in [-0.05, 0) is 25.1 Å². The number of benzene rings is 2. The van der Waals surface area contributed by atoms with Gasteiger partial charge in [-0.1, -0.05) is 23.7 Å². The summed E-state index contributed by atoms with van der Waals surface area (Å²) in [5, 5.41) is 13.2. The van der Waals surface area contributed by atoms with Gasteiger partial charge in [0.2, 0.25) is 0 Å². The Labute approximate surface area is 153 Å². The van der Waals surface area contributed by atoms with E-state index in [1.54, 1.807) is 18.2 Å². The highest BCUT2D eigenvalue weighted by Gasteiger charge is 2.22. The lowest BCUT2D eigenvalue weighted by atomic mass is 10.2. The van der Waals surface area contributed by atoms with Crippen LogP contribution in [0.2, 0.25) is 5.02 Å². The highest BCUT2D eigenvalue weighted by atomic mass is 35.5. The first-order chi connectivity index (χ1) is 12.3. The van der Waals surface area contributed by atoms with Gasteiger partial charge < -0.3 is 14.8 Å². The average Bonchev–Trinajstić information content (AvgIpc) is 2.62. The maximum Gasteiger partial charge on any atom is 0.342 e. The van der Waals surface area contributed by atoms with Crippen LogP contribution in [0, 0.1) is 10.1 Å². The lowest BCUT2D eigenvalue weighted by Gasteiger charge is -2.15. The number of carbonyl (C=O) groups excluding carboxylic acids is 2. The Hall–Kier alpha value is -3.13. The Balaban J connectivity index is 2.06. The zero-order valence-electron chi connectivity index (χ0n) is 13.9. The summed E-state index contributed by atoms with van der Waals surface area (Å²) < 4.78 is 10.2. The number of nitrogens with zero attached hydrogens (tertiary/aromatic N) is 1. The number of hydrogen-bond donors (Lipinski definition) is 1. The van der Waals surface area contributed by atoms with E-state index >= 15 is 0 Å². The Morgan fingerprint density at radius 1 is 1.23 bits per heavy atom. The van der Waals surface area contributed by atoms with Gasteiger partial charge in [0.15, 0.2) is 6.10 Å². The van der Waals surface area contributed by atoms with Crippen molar-refractivity contribution in [2.24, 2.45) is 0 Å². The molecule has 1 atom stereocenters. The standard InChI is InChI=1S/C17H15ClN2O6/c1-10(26-17(22)12-5-3-4-6-15(12)25-2)16(21)19-14-8-7-11(20(23)24)9-13(14)18/h3-10H,1-2H3,(H,19,21)/t10-/m1/s1. The van der Waals surface area contributed by atoms with Gasteiger partial charge >= 0.3 is 5.97 Å². The summed E-state index contributed by atoms with van der Waals surface area (Å²) >= 11 is 5.92. The van der Waals surface area contributed by atoms with Crippen molar-refractivity contribution < 1.29 is 24.0 Å². The number of esters is 1. The minimum absolute atomic E-state index is 0.00388. The molecule has 8 nitrogen and oxygen atoms in total. The van der Waals surface area contributed by atoms with Gasteiger partial charge in [0.05, 0.1) is 22.7 Å². The highest BCUT2D eigenvalue weighted by Crippen LogP contribution is 2.27. The van der Waals surface area contributed by atoms with Crippen molar-refractivity contribution in [2.45, 2.75) is 13.0 Å². The van der Waals surface area contributed by atoms with Gasteiger partial charge in [0.25, 0.3) is 11.6 Å². The van der Waals surface area contributed by atoms with Crippen LogP contribution in [0.1, 0.15) is 17.3 Å². The number of nitrogens with one attached hydrogen (secondary N) is 1. The molecule has 26 heavy (non-hydrogen) atoms. The van der Waals surface area contributed by atoms with Crippen LogP contribution in [0.15, 0.2) is 42.5 Å². The number of nitro benzene ring substituents is 1. The molecule has 0 saturated carbocycles. The van der Waals surface area contributed by atoms with E-state index in [1.807, 2.05) is 0 Å². The number of methoxy groups -OCH3 is 1. The van der Waals surface area contributed by atoms with Crippen LogP contribution >= 0.6 is 11.6 Å². The van der Waals surface area contributed by atoms with Crippen molar-refractivity contribution in [2.75, 3.05) is 12.4 Å². The first-order valence-corrected chi connectivity index (χ1v) is 7.80. The fourth-order valence-electron chi connectivity index (χ4n) is 2.04. The molecule has 2 aromatic carbocycles. The number of hydrogen-bond acceptors (Lipinski definition) is 6. The SMILES string of the molecule is COc1ccccc1C(=O)O[C@H](C)C(=O)Nc1ccc([N+](=O)[O-])cc1Cl. The summed E-state index contributed by atoms with van der Waals surface area (Å²) in [6, 6.07) is 10.1. The molecule has 0 unspecified atom stereocenters. The van der Waals surface area contributed by atoms with Gasteiger partial charge in [-0.15, -0.1) is 0 Å². The third-order valence-electron chi connectivity index (χ3n) is 3.40. The van der Waals surface area contributed by atoms with Crippen molar-refractivity contribution in [1.29, 1.82) is 0 Å². The number of para-hydroxylation sites is 1. The molecule has 1 amide bonds. The predicted octanol–water partition coefficient (Wildman–Crippen LogP) is 3.44. The maximum absolute atomic E-state index is 12.2. The number of anilines is 1. The molecule has 0 bridgehead atoms. The van der Waals surface area contributed by atoms with Crippen molar-refractivity contribution in [3.05, 3.63) is 63.2 Å². The van der Waals surface area contributed by atoms with E-state index < -0.39 is 22.9 Å². The Morgan fingerprint density at radius 2 is 1.92 bits per heavy atom. The molecule has 136 valence electrons. The Kier molecular flexibility index (Phi) is 6.13. The molecule has 0 aromatic heterocycles. The van der Waals surface area contributed by atoms with E-state index in [0.29, 0.717) is 5.75 Å². The number of nitro groups is 1. The first kappa shape index (κ1) is 19.2. The minimum atomic E-state index is -1.13. The molecular formula is C17H15ClN2O6. The normalized spacial score (nSPS) is 11.3. The smallest absolute Gasteiger partial charge is 0.342 e. The second-order valence-corrected chi connectivity index (χ2v) is 5.57. The van der Waals surface area contributed by atoms with E-state index in [9.17, 15) is 19.7 Å². The zero-order chi connectivity index (χ0) is 19.3. The summed E-state index contributed by atoms with van der Waals surface area (Å²) in [5.74, 6) is -1.03. The van der Waals surface area contributed by atoms with Crippen LogP contribution < -0.4 is 10.1 Å². The number of amides is 1. The maximum atomic E-state index is 12.2. The fourth-order valence-corrected chi connectivity index (χ4v) is 2.27. The van der Waals surface area contributed by atoms with Crippen LogP contribution in [0.4, 0.5) is 11.4 Å². The molecule has 2 rings (SSSR count). The average molecular weight is 379 g/mol. The van der Waals surface area contributed by atoms with Crippen LogP contribution in [-0.4, -0.2) is 30.0 Å². The van der Waals surface area contributed by atoms with E-state index in [2.05, 4.69) is 5.32 Å². The molecule has 0 aliphatic carbocycles. The van der Waals surface area contributed by atoms with Gasteiger partial charge in [0, 0.05) is 12.1 Å². The number of halogens is 1. The van der Waals surface area contributed by atoms with Gasteiger partial charge in [-0.3, -0.25) is 14.9 Å². The first-order valence-electron chi connectivity index (χ1n) is 7.42. The van der Waals surface area contributed by atoms with E-state index in [4.69, 9.17) is 21.1 Å². The van der Waals surface area contributed by atoms with E-state index in [-0.39, 0.29) is 22.0 Å². The van der Waals surface area contributed by atoms with Crippen LogP contribution in [-0.2, 0) is 9.53 Å². The molecule has 0 radical (unpaired) electrons. The van der Waals surface area contributed by atoms with Crippen LogP contribution in [0.5, 0.6) is 5.75 Å². The molecule has 0 saturated heterocycles. The summed E-state index contributed by atoms with van der Waals surface area (Å²) in [4.78, 5) is 34.5. The summed E-state index contributed by atoms with van der Waals surface area (Å²) in [6.45, 7) is 1.39. The minimum Gasteiger partial charge on any atom is -0.496 e. The molecule has 2 aromatic rings. The topological polar surface area (TPSA) is 108 Å². The lowest BCUT2D eigenvalue weighted by Crippen LogP contribution is -2.30. The molecule has 0 fully saturated rings. The van der Waals surface area contributed by atoms with Crippen LogP contribution in [0.25, 0.3) is 0 Å². The second-order valence-electron chi connectivity index (χ2n) is 5.16. The van der Waals surface area contributed by atoms with Crippen molar-refractivity contribution >= 4 is 34.9 Å². The van der Waals surface area contributed by atoms with Crippen molar-refractivity contribution in [1.82, 2.24) is 0 Å². The molecule has 9 heteroatoms. The summed E-state index contributed by atoms with van der Waals surface area (Å²) in [6.07, 6.45) is -1.13. The van der Waals surface area contributed by atoms with E-state index in [1.165, 1.54) is 32.2 Å². The molecule has 0 spiro atoms. The van der Waals surface area contributed by atoms with Gasteiger partial charge in [0.1, 0.15) is 11.3 Å². The third kappa shape index (κ3) is 4.48. The molecule has 0 aliphatic heterocycles. The van der Waals surface area contributed by atoms with Gasteiger partial charge in [-0.25, -0.2) is 4.79 Å². The second kappa shape index (κ2) is 8.30. The summed E-state index contributed by atoms with van der Waals surface area (Å²) in [5.41, 5.74) is 0.147.